The van der Waals surface area contributed by atoms with E-state index in [4.69, 9.17) is 11.6 Å². The van der Waals surface area contributed by atoms with E-state index in [2.05, 4.69) is 24.1 Å². The van der Waals surface area contributed by atoms with Crippen LogP contribution in [0.1, 0.15) is 26.7 Å². The molecular formula is C15H19ClN2. The molecule has 1 unspecified atom stereocenters. The second-order valence-corrected chi connectivity index (χ2v) is 5.18. The number of hydrogen-bond donors (Lipinski definition) is 1. The number of rotatable bonds is 5. The summed E-state index contributed by atoms with van der Waals surface area (Å²) in [6.07, 6.45) is 4.27. The molecule has 0 amide bonds. The molecule has 2 aromatic rings. The molecule has 2 nitrogen and oxygen atoms in total. The molecule has 1 heterocycles. The topological polar surface area (TPSA) is 24.9 Å². The molecule has 0 saturated carbocycles. The molecule has 0 aliphatic heterocycles. The molecule has 0 spiro atoms. The lowest BCUT2D eigenvalue weighted by atomic mass is 10.1. The highest BCUT2D eigenvalue weighted by atomic mass is 35.5. The molecule has 0 aliphatic carbocycles. The average Bonchev–Trinajstić information content (AvgIpc) is 2.39. The Labute approximate surface area is 113 Å². The fourth-order valence-electron chi connectivity index (χ4n) is 2.16. The third kappa shape index (κ3) is 2.94. The second-order valence-electron chi connectivity index (χ2n) is 4.77. The van der Waals surface area contributed by atoms with Crippen molar-refractivity contribution in [3.63, 3.8) is 0 Å². The molecule has 18 heavy (non-hydrogen) atoms. The third-order valence-corrected chi connectivity index (χ3v) is 3.47. The zero-order chi connectivity index (χ0) is 13.0. The van der Waals surface area contributed by atoms with Gasteiger partial charge in [-0.1, -0.05) is 31.9 Å². The predicted molar refractivity (Wildman–Crippen MR) is 79.3 cm³/mol. The highest BCUT2D eigenvalue weighted by Gasteiger charge is 2.06. The summed E-state index contributed by atoms with van der Waals surface area (Å²) in [6.45, 7) is 5.46. The number of aromatic nitrogens is 1. The molecular weight excluding hydrogens is 244 g/mol. The Kier molecular flexibility index (Phi) is 4.43. The molecule has 0 radical (unpaired) electrons. The number of benzene rings is 1. The Bertz CT molecular complexity index is 525. The van der Waals surface area contributed by atoms with Gasteiger partial charge in [-0.3, -0.25) is 4.98 Å². The molecule has 1 N–H and O–H groups in total. The molecule has 2 rings (SSSR count). The van der Waals surface area contributed by atoms with Crippen molar-refractivity contribution in [2.24, 2.45) is 5.92 Å². The van der Waals surface area contributed by atoms with Gasteiger partial charge < -0.3 is 5.32 Å². The van der Waals surface area contributed by atoms with E-state index in [1.165, 1.54) is 12.8 Å². The number of pyridine rings is 1. The quantitative estimate of drug-likeness (QED) is 0.842. The summed E-state index contributed by atoms with van der Waals surface area (Å²) in [7, 11) is 0. The highest BCUT2D eigenvalue weighted by Crippen LogP contribution is 2.28. The maximum absolute atomic E-state index is 6.17. The summed E-state index contributed by atoms with van der Waals surface area (Å²) in [5.41, 5.74) is 2.02. The van der Waals surface area contributed by atoms with Crippen molar-refractivity contribution in [2.75, 3.05) is 11.9 Å². The van der Waals surface area contributed by atoms with Crippen molar-refractivity contribution in [3.05, 3.63) is 35.5 Å². The van der Waals surface area contributed by atoms with Crippen molar-refractivity contribution in [1.82, 2.24) is 4.98 Å². The first-order valence-electron chi connectivity index (χ1n) is 6.49. The smallest absolute Gasteiger partial charge is 0.0948 e. The van der Waals surface area contributed by atoms with E-state index in [9.17, 15) is 0 Å². The van der Waals surface area contributed by atoms with Gasteiger partial charge >= 0.3 is 0 Å². The number of nitrogens with one attached hydrogen (secondary N) is 1. The van der Waals surface area contributed by atoms with E-state index in [1.807, 2.05) is 24.3 Å². The maximum Gasteiger partial charge on any atom is 0.0948 e. The minimum atomic E-state index is 0.671. The first-order valence-corrected chi connectivity index (χ1v) is 6.87. The van der Waals surface area contributed by atoms with Gasteiger partial charge in [0.2, 0.25) is 0 Å². The van der Waals surface area contributed by atoms with Crippen molar-refractivity contribution >= 4 is 28.2 Å². The van der Waals surface area contributed by atoms with Crippen LogP contribution < -0.4 is 5.32 Å². The molecule has 0 bridgehead atoms. The van der Waals surface area contributed by atoms with E-state index < -0.39 is 0 Å². The fourth-order valence-corrected chi connectivity index (χ4v) is 2.38. The predicted octanol–water partition coefficient (Wildman–Crippen LogP) is 4.74. The Hall–Kier alpha value is -1.28. The van der Waals surface area contributed by atoms with Crippen molar-refractivity contribution < 1.29 is 0 Å². The molecule has 96 valence electrons. The van der Waals surface area contributed by atoms with E-state index >= 15 is 0 Å². The molecule has 1 aromatic carbocycles. The van der Waals surface area contributed by atoms with Gasteiger partial charge in [0.1, 0.15) is 0 Å². The Morgan fingerprint density at radius 2 is 2.17 bits per heavy atom. The van der Waals surface area contributed by atoms with Gasteiger partial charge in [0.25, 0.3) is 0 Å². The summed E-state index contributed by atoms with van der Waals surface area (Å²) < 4.78 is 0. The van der Waals surface area contributed by atoms with Crippen LogP contribution in [0.4, 0.5) is 5.69 Å². The minimum absolute atomic E-state index is 0.671. The monoisotopic (exact) mass is 262 g/mol. The van der Waals surface area contributed by atoms with E-state index in [1.54, 1.807) is 6.20 Å². The molecule has 3 heteroatoms. The normalized spacial score (nSPS) is 12.6. The van der Waals surface area contributed by atoms with Gasteiger partial charge in [-0.15, -0.1) is 0 Å². The number of halogens is 1. The van der Waals surface area contributed by atoms with E-state index in [-0.39, 0.29) is 0 Å². The molecule has 0 saturated heterocycles. The average molecular weight is 263 g/mol. The van der Waals surface area contributed by atoms with Crippen molar-refractivity contribution in [3.8, 4) is 0 Å². The van der Waals surface area contributed by atoms with Crippen molar-refractivity contribution in [2.45, 2.75) is 26.7 Å². The lowest BCUT2D eigenvalue weighted by molar-refractivity contribution is 0.551. The fraction of sp³-hybridized carbons (Fsp3) is 0.400. The first-order chi connectivity index (χ1) is 8.72. The SMILES string of the molecule is CCCC(C)CNc1ccc(Cl)c2cccnc12. The van der Waals surface area contributed by atoms with Crippen LogP contribution in [0.2, 0.25) is 5.02 Å². The van der Waals surface area contributed by atoms with Crippen LogP contribution >= 0.6 is 11.6 Å². The summed E-state index contributed by atoms with van der Waals surface area (Å²) in [4.78, 5) is 4.42. The van der Waals surface area contributed by atoms with Gasteiger partial charge in [0.15, 0.2) is 0 Å². The lowest BCUT2D eigenvalue weighted by Crippen LogP contribution is -2.11. The molecule has 1 aromatic heterocycles. The Balaban J connectivity index is 2.21. The Morgan fingerprint density at radius 3 is 2.94 bits per heavy atom. The Morgan fingerprint density at radius 1 is 1.33 bits per heavy atom. The standard InChI is InChI=1S/C15H19ClN2/c1-3-5-11(2)10-18-14-8-7-13(16)12-6-4-9-17-15(12)14/h4,6-9,11,18H,3,5,10H2,1-2H3. The number of fused-ring (bicyclic) bond motifs is 1. The summed E-state index contributed by atoms with van der Waals surface area (Å²) in [5, 5.41) is 5.24. The van der Waals surface area contributed by atoms with Crippen LogP contribution in [0, 0.1) is 5.92 Å². The number of hydrogen-bond acceptors (Lipinski definition) is 2. The number of anilines is 1. The van der Waals surface area contributed by atoms with Crippen LogP contribution in [-0.4, -0.2) is 11.5 Å². The molecule has 1 atom stereocenters. The van der Waals surface area contributed by atoms with Gasteiger partial charge in [0.05, 0.1) is 16.2 Å². The first kappa shape index (κ1) is 13.2. The van der Waals surface area contributed by atoms with Gasteiger partial charge in [-0.05, 0) is 36.6 Å². The largest absolute Gasteiger partial charge is 0.383 e. The van der Waals surface area contributed by atoms with E-state index in [0.717, 1.165) is 28.2 Å². The molecule has 0 aliphatic rings. The van der Waals surface area contributed by atoms with Gasteiger partial charge in [0, 0.05) is 18.1 Å². The van der Waals surface area contributed by atoms with Crippen molar-refractivity contribution in [1.29, 1.82) is 0 Å². The van der Waals surface area contributed by atoms with Crippen LogP contribution in [0.3, 0.4) is 0 Å². The van der Waals surface area contributed by atoms with Crippen LogP contribution in [0.15, 0.2) is 30.5 Å². The maximum atomic E-state index is 6.17. The van der Waals surface area contributed by atoms with E-state index in [0.29, 0.717) is 5.92 Å². The summed E-state index contributed by atoms with van der Waals surface area (Å²) in [5.74, 6) is 0.671. The number of nitrogens with zero attached hydrogens (tertiary/aromatic N) is 1. The van der Waals surface area contributed by atoms with Crippen LogP contribution in [0.25, 0.3) is 10.9 Å². The highest BCUT2D eigenvalue weighted by molar-refractivity contribution is 6.35. The second kappa shape index (κ2) is 6.05. The summed E-state index contributed by atoms with van der Waals surface area (Å²) in [6, 6.07) is 7.86. The lowest BCUT2D eigenvalue weighted by Gasteiger charge is -2.14. The van der Waals surface area contributed by atoms with Crippen LogP contribution in [-0.2, 0) is 0 Å². The zero-order valence-corrected chi connectivity index (χ0v) is 11.7. The molecule has 0 fully saturated rings. The van der Waals surface area contributed by atoms with Crippen LogP contribution in [0.5, 0.6) is 0 Å². The summed E-state index contributed by atoms with van der Waals surface area (Å²) >= 11 is 6.17. The third-order valence-electron chi connectivity index (χ3n) is 3.14. The van der Waals surface area contributed by atoms with Gasteiger partial charge in [-0.25, -0.2) is 0 Å². The van der Waals surface area contributed by atoms with Gasteiger partial charge in [-0.2, -0.15) is 0 Å². The zero-order valence-electron chi connectivity index (χ0n) is 10.9. The minimum Gasteiger partial charge on any atom is -0.383 e.